The van der Waals surface area contributed by atoms with Gasteiger partial charge in [0.15, 0.2) is 0 Å². The van der Waals surface area contributed by atoms with Crippen molar-refractivity contribution >= 4 is 22.9 Å². The Labute approximate surface area is 163 Å². The van der Waals surface area contributed by atoms with Crippen LogP contribution in [0.4, 0.5) is 4.79 Å². The zero-order valence-corrected chi connectivity index (χ0v) is 16.8. The van der Waals surface area contributed by atoms with E-state index in [9.17, 15) is 14.4 Å². The molecule has 8 nitrogen and oxygen atoms in total. The van der Waals surface area contributed by atoms with Gasteiger partial charge in [-0.25, -0.2) is 4.79 Å². The van der Waals surface area contributed by atoms with Crippen LogP contribution in [0.3, 0.4) is 0 Å². The first-order chi connectivity index (χ1) is 13.1. The number of ether oxygens (including phenoxy) is 1. The third-order valence-electron chi connectivity index (χ3n) is 5.15. The highest BCUT2D eigenvalue weighted by molar-refractivity contribution is 6.05. The number of pyridine rings is 1. The molecule has 2 aromatic rings. The molecule has 0 aliphatic carbocycles. The van der Waals surface area contributed by atoms with Crippen LogP contribution >= 0.6 is 0 Å². The van der Waals surface area contributed by atoms with Gasteiger partial charge in [0.1, 0.15) is 11.1 Å². The quantitative estimate of drug-likeness (QED) is 0.751. The summed E-state index contributed by atoms with van der Waals surface area (Å²) in [6, 6.07) is 1.72. The summed E-state index contributed by atoms with van der Waals surface area (Å²) in [6.07, 6.45) is 4.35. The summed E-state index contributed by atoms with van der Waals surface area (Å²) in [4.78, 5) is 43.8. The van der Waals surface area contributed by atoms with Crippen molar-refractivity contribution in [2.24, 2.45) is 5.41 Å². The lowest BCUT2D eigenvalue weighted by Crippen LogP contribution is -2.47. The Bertz CT molecular complexity index is 930. The molecule has 0 bridgehead atoms. The van der Waals surface area contributed by atoms with Crippen LogP contribution in [0.2, 0.25) is 0 Å². The van der Waals surface area contributed by atoms with Crippen LogP contribution in [0.25, 0.3) is 10.9 Å². The second kappa shape index (κ2) is 7.33. The van der Waals surface area contributed by atoms with Gasteiger partial charge in [0.05, 0.1) is 5.56 Å². The fourth-order valence-corrected chi connectivity index (χ4v) is 3.38. The summed E-state index contributed by atoms with van der Waals surface area (Å²) in [5, 5.41) is 3.59. The highest BCUT2D eigenvalue weighted by atomic mass is 16.6. The van der Waals surface area contributed by atoms with Crippen molar-refractivity contribution in [1.29, 1.82) is 0 Å². The molecule has 0 unspecified atom stereocenters. The summed E-state index contributed by atoms with van der Waals surface area (Å²) >= 11 is 0. The number of likely N-dealkylation sites (tertiary alicyclic amines) is 1. The minimum Gasteiger partial charge on any atom is -0.444 e. The second-order valence-electron chi connectivity index (χ2n) is 8.76. The van der Waals surface area contributed by atoms with Gasteiger partial charge < -0.3 is 24.9 Å². The van der Waals surface area contributed by atoms with E-state index in [1.54, 1.807) is 17.2 Å². The molecule has 0 saturated carbocycles. The lowest BCUT2D eigenvalue weighted by atomic mass is 9.80. The second-order valence-corrected chi connectivity index (χ2v) is 8.76. The summed E-state index contributed by atoms with van der Waals surface area (Å²) in [5.74, 6) is -0.225. The maximum atomic E-state index is 12.7. The third kappa shape index (κ3) is 4.37. The number of fused-ring (bicyclic) bond motifs is 1. The summed E-state index contributed by atoms with van der Waals surface area (Å²) in [7, 11) is 0. The van der Waals surface area contributed by atoms with Gasteiger partial charge in [-0.15, -0.1) is 0 Å². The molecule has 152 valence electrons. The molecule has 8 heteroatoms. The van der Waals surface area contributed by atoms with Gasteiger partial charge in [0, 0.05) is 37.4 Å². The maximum absolute atomic E-state index is 12.7. The lowest BCUT2D eigenvalue weighted by Gasteiger charge is -2.39. The van der Waals surface area contributed by atoms with Crippen molar-refractivity contribution in [1.82, 2.24) is 20.2 Å². The number of rotatable bonds is 3. The number of nitrogens with zero attached hydrogens (tertiary/aromatic N) is 1. The van der Waals surface area contributed by atoms with Crippen molar-refractivity contribution in [3.63, 3.8) is 0 Å². The summed E-state index contributed by atoms with van der Waals surface area (Å²) in [5.41, 5.74) is -0.0344. The Kier molecular flexibility index (Phi) is 5.23. The van der Waals surface area contributed by atoms with E-state index in [1.807, 2.05) is 20.8 Å². The Balaban J connectivity index is 1.58. The van der Waals surface area contributed by atoms with E-state index in [-0.39, 0.29) is 23.0 Å². The van der Waals surface area contributed by atoms with E-state index >= 15 is 0 Å². The maximum Gasteiger partial charge on any atom is 0.410 e. The molecule has 2 aromatic heterocycles. The molecule has 28 heavy (non-hydrogen) atoms. The van der Waals surface area contributed by atoms with Crippen molar-refractivity contribution in [3.8, 4) is 0 Å². The van der Waals surface area contributed by atoms with Gasteiger partial charge in [-0.1, -0.05) is 6.92 Å². The molecule has 0 aromatic carbocycles. The third-order valence-corrected chi connectivity index (χ3v) is 5.15. The van der Waals surface area contributed by atoms with E-state index in [1.165, 1.54) is 6.20 Å². The molecule has 1 aliphatic rings. The highest BCUT2D eigenvalue weighted by Crippen LogP contribution is 2.31. The largest absolute Gasteiger partial charge is 0.444 e. The first kappa shape index (κ1) is 20.0. The van der Waals surface area contributed by atoms with Crippen LogP contribution in [0.5, 0.6) is 0 Å². The molecular formula is C20H28N4O4. The molecule has 0 radical (unpaired) electrons. The molecule has 3 rings (SSSR count). The number of piperidine rings is 1. The Hall–Kier alpha value is -2.77. The number of hydrogen-bond donors (Lipinski definition) is 3. The Morgan fingerprint density at radius 3 is 2.57 bits per heavy atom. The predicted molar refractivity (Wildman–Crippen MR) is 106 cm³/mol. The van der Waals surface area contributed by atoms with Gasteiger partial charge >= 0.3 is 6.09 Å². The number of nitrogens with one attached hydrogen (secondary N) is 3. The van der Waals surface area contributed by atoms with Crippen molar-refractivity contribution in [3.05, 3.63) is 34.4 Å². The first-order valence-corrected chi connectivity index (χ1v) is 9.53. The normalized spacial score (nSPS) is 16.8. The number of H-pyrrole nitrogens is 2. The zero-order valence-electron chi connectivity index (χ0n) is 16.8. The SMILES string of the molecule is CC1(CNC(=O)c2c[nH]c(=O)c3[nH]ccc23)CCN(C(=O)OC(C)(C)C)CC1. The number of aromatic amines is 2. The Morgan fingerprint density at radius 1 is 1.25 bits per heavy atom. The fraction of sp³-hybridized carbons (Fsp3) is 0.550. The summed E-state index contributed by atoms with van der Waals surface area (Å²) in [6.45, 7) is 9.37. The van der Waals surface area contributed by atoms with E-state index in [0.717, 1.165) is 12.8 Å². The van der Waals surface area contributed by atoms with Crippen molar-refractivity contribution < 1.29 is 14.3 Å². The summed E-state index contributed by atoms with van der Waals surface area (Å²) < 4.78 is 5.43. The molecule has 1 fully saturated rings. The first-order valence-electron chi connectivity index (χ1n) is 9.53. The molecule has 0 spiro atoms. The molecule has 1 saturated heterocycles. The van der Waals surface area contributed by atoms with Gasteiger partial charge in [0.2, 0.25) is 0 Å². The van der Waals surface area contributed by atoms with E-state index < -0.39 is 5.60 Å². The number of hydrogen-bond acceptors (Lipinski definition) is 4. The van der Waals surface area contributed by atoms with Crippen molar-refractivity contribution in [2.75, 3.05) is 19.6 Å². The average molecular weight is 388 g/mol. The minimum atomic E-state index is -0.508. The topological polar surface area (TPSA) is 107 Å². The van der Waals surface area contributed by atoms with Gasteiger partial charge in [-0.05, 0) is 45.1 Å². The van der Waals surface area contributed by atoms with E-state index in [4.69, 9.17) is 4.74 Å². The Morgan fingerprint density at radius 2 is 1.93 bits per heavy atom. The van der Waals surface area contributed by atoms with E-state index in [0.29, 0.717) is 36.1 Å². The fourth-order valence-electron chi connectivity index (χ4n) is 3.38. The van der Waals surface area contributed by atoms with Gasteiger partial charge in [-0.3, -0.25) is 9.59 Å². The van der Waals surface area contributed by atoms with Crippen LogP contribution in [0, 0.1) is 5.41 Å². The van der Waals surface area contributed by atoms with Crippen LogP contribution in [0.15, 0.2) is 23.3 Å². The minimum absolute atomic E-state index is 0.104. The molecule has 2 amide bonds. The number of carbonyl (C=O) groups excluding carboxylic acids is 2. The van der Waals surface area contributed by atoms with Crippen LogP contribution in [-0.2, 0) is 4.74 Å². The molecule has 3 heterocycles. The van der Waals surface area contributed by atoms with Gasteiger partial charge in [-0.2, -0.15) is 0 Å². The standard InChI is InChI=1S/C20H28N4O4/c1-19(2,3)28-18(27)24-9-6-20(4,7-10-24)12-23-16(25)14-11-22-17(26)15-13(14)5-8-21-15/h5,8,11,21H,6-7,9-10,12H2,1-4H3,(H,22,26)(H,23,25). The van der Waals surface area contributed by atoms with Crippen molar-refractivity contribution in [2.45, 2.75) is 46.1 Å². The molecule has 0 atom stereocenters. The number of carbonyl (C=O) groups is 2. The highest BCUT2D eigenvalue weighted by Gasteiger charge is 2.34. The monoisotopic (exact) mass is 388 g/mol. The lowest BCUT2D eigenvalue weighted by molar-refractivity contribution is 0.0118. The smallest absolute Gasteiger partial charge is 0.410 e. The number of amides is 2. The molecule has 1 aliphatic heterocycles. The molecule has 3 N–H and O–H groups in total. The number of aromatic nitrogens is 2. The molecular weight excluding hydrogens is 360 g/mol. The van der Waals surface area contributed by atoms with Crippen LogP contribution in [0.1, 0.15) is 50.9 Å². The van der Waals surface area contributed by atoms with E-state index in [2.05, 4.69) is 22.2 Å². The average Bonchev–Trinajstić information content (AvgIpc) is 3.10. The van der Waals surface area contributed by atoms with Crippen LogP contribution in [-0.4, -0.2) is 52.1 Å². The zero-order chi connectivity index (χ0) is 20.5. The van der Waals surface area contributed by atoms with Crippen LogP contribution < -0.4 is 10.9 Å². The van der Waals surface area contributed by atoms with Gasteiger partial charge in [0.25, 0.3) is 11.5 Å². The predicted octanol–water partition coefficient (Wildman–Crippen LogP) is 2.62.